The zero-order chi connectivity index (χ0) is 19.4. The first kappa shape index (κ1) is 19.2. The number of benzene rings is 3. The summed E-state index contributed by atoms with van der Waals surface area (Å²) in [4.78, 5) is 2.34. The minimum absolute atomic E-state index is 0.543. The van der Waals surface area contributed by atoms with Crippen LogP contribution < -0.4 is 4.90 Å². The van der Waals surface area contributed by atoms with Crippen LogP contribution >= 0.6 is 0 Å². The Balaban J connectivity index is 2.03. The number of anilines is 3. The van der Waals surface area contributed by atoms with Crippen molar-refractivity contribution in [1.82, 2.24) is 0 Å². The van der Waals surface area contributed by atoms with Crippen molar-refractivity contribution in [1.29, 1.82) is 0 Å². The zero-order valence-corrected chi connectivity index (χ0v) is 17.2. The maximum atomic E-state index is 2.34. The third-order valence-corrected chi connectivity index (χ3v) is 5.44. The molecule has 0 fully saturated rings. The highest BCUT2D eigenvalue weighted by Gasteiger charge is 2.13. The Labute approximate surface area is 164 Å². The minimum atomic E-state index is 0.543. The van der Waals surface area contributed by atoms with Crippen LogP contribution in [0.25, 0.3) is 0 Å². The Hall–Kier alpha value is -2.54. The van der Waals surface area contributed by atoms with E-state index in [1.165, 1.54) is 33.8 Å². The summed E-state index contributed by atoms with van der Waals surface area (Å²) < 4.78 is 0. The van der Waals surface area contributed by atoms with Crippen molar-refractivity contribution in [2.45, 2.75) is 52.9 Å². The van der Waals surface area contributed by atoms with Crippen molar-refractivity contribution in [3.05, 3.63) is 89.5 Å². The summed E-state index contributed by atoms with van der Waals surface area (Å²) in [5, 5.41) is 0. The van der Waals surface area contributed by atoms with Gasteiger partial charge in [-0.15, -0.1) is 0 Å². The zero-order valence-electron chi connectivity index (χ0n) is 17.2. The summed E-state index contributed by atoms with van der Waals surface area (Å²) in [6, 6.07) is 26.8. The SMILES string of the molecule is CCC(C)c1ccc(N(c2ccc(C)cc2)c2ccc(C(C)C)cc2)cc1. The van der Waals surface area contributed by atoms with Crippen LogP contribution in [-0.4, -0.2) is 0 Å². The van der Waals surface area contributed by atoms with Gasteiger partial charge in [0.1, 0.15) is 0 Å². The number of hydrogen-bond donors (Lipinski definition) is 0. The monoisotopic (exact) mass is 357 g/mol. The lowest BCUT2D eigenvalue weighted by Crippen LogP contribution is -2.10. The molecule has 0 aliphatic carbocycles. The van der Waals surface area contributed by atoms with E-state index in [1.54, 1.807) is 0 Å². The Morgan fingerprint density at radius 1 is 0.630 bits per heavy atom. The Morgan fingerprint density at radius 3 is 1.44 bits per heavy atom. The van der Waals surface area contributed by atoms with E-state index < -0.39 is 0 Å². The van der Waals surface area contributed by atoms with Crippen molar-refractivity contribution in [3.8, 4) is 0 Å². The molecule has 0 saturated heterocycles. The van der Waals surface area contributed by atoms with Crippen LogP contribution in [0.1, 0.15) is 62.6 Å². The third kappa shape index (κ3) is 4.42. The fourth-order valence-corrected chi connectivity index (χ4v) is 3.34. The molecule has 27 heavy (non-hydrogen) atoms. The second kappa shape index (κ2) is 8.43. The number of hydrogen-bond acceptors (Lipinski definition) is 1. The first-order valence-corrected chi connectivity index (χ1v) is 10.1. The maximum Gasteiger partial charge on any atom is 0.0461 e. The van der Waals surface area contributed by atoms with Gasteiger partial charge in [-0.25, -0.2) is 0 Å². The van der Waals surface area contributed by atoms with Crippen LogP contribution in [0, 0.1) is 6.92 Å². The fourth-order valence-electron chi connectivity index (χ4n) is 3.34. The van der Waals surface area contributed by atoms with E-state index in [0.717, 1.165) is 6.42 Å². The highest BCUT2D eigenvalue weighted by molar-refractivity contribution is 5.76. The van der Waals surface area contributed by atoms with Crippen LogP contribution in [0.2, 0.25) is 0 Å². The van der Waals surface area contributed by atoms with Gasteiger partial charge in [-0.1, -0.05) is 69.7 Å². The molecule has 3 aromatic carbocycles. The molecule has 0 spiro atoms. The van der Waals surface area contributed by atoms with Crippen molar-refractivity contribution >= 4 is 17.1 Å². The second-order valence-corrected chi connectivity index (χ2v) is 7.82. The number of rotatable bonds is 6. The third-order valence-electron chi connectivity index (χ3n) is 5.44. The standard InChI is InChI=1S/C26H31N/c1-6-21(5)23-11-17-26(18-12-23)27(24-13-7-20(4)8-14-24)25-15-9-22(10-16-25)19(2)3/h7-19,21H,6H2,1-5H3. The van der Waals surface area contributed by atoms with Crippen molar-refractivity contribution < 1.29 is 0 Å². The van der Waals surface area contributed by atoms with Gasteiger partial charge in [0.25, 0.3) is 0 Å². The molecule has 140 valence electrons. The summed E-state index contributed by atoms with van der Waals surface area (Å²) >= 11 is 0. The molecule has 0 aliphatic rings. The molecule has 3 rings (SSSR count). The molecule has 1 unspecified atom stereocenters. The quantitative estimate of drug-likeness (QED) is 0.430. The summed E-state index contributed by atoms with van der Waals surface area (Å²) in [5.41, 5.74) is 7.63. The van der Waals surface area contributed by atoms with Crippen LogP contribution in [0.3, 0.4) is 0 Å². The van der Waals surface area contributed by atoms with Crippen molar-refractivity contribution in [2.75, 3.05) is 4.90 Å². The summed E-state index contributed by atoms with van der Waals surface area (Å²) in [6.07, 6.45) is 1.16. The van der Waals surface area contributed by atoms with Crippen molar-refractivity contribution in [3.63, 3.8) is 0 Å². The lowest BCUT2D eigenvalue weighted by molar-refractivity contribution is 0.733. The molecule has 0 amide bonds. The first-order valence-electron chi connectivity index (χ1n) is 10.1. The summed E-state index contributed by atoms with van der Waals surface area (Å²) in [5.74, 6) is 1.14. The van der Waals surface area contributed by atoms with Gasteiger partial charge in [0.2, 0.25) is 0 Å². The Kier molecular flexibility index (Phi) is 6.01. The highest BCUT2D eigenvalue weighted by Crippen LogP contribution is 2.36. The van der Waals surface area contributed by atoms with E-state index in [4.69, 9.17) is 0 Å². The smallest absolute Gasteiger partial charge is 0.0461 e. The van der Waals surface area contributed by atoms with Gasteiger partial charge in [-0.3, -0.25) is 0 Å². The molecule has 0 bridgehead atoms. The van der Waals surface area contributed by atoms with Gasteiger partial charge in [0, 0.05) is 17.1 Å². The topological polar surface area (TPSA) is 3.24 Å². The largest absolute Gasteiger partial charge is 0.311 e. The number of aryl methyl sites for hydroxylation is 1. The van der Waals surface area contributed by atoms with Gasteiger partial charge in [-0.05, 0) is 72.7 Å². The average molecular weight is 358 g/mol. The summed E-state index contributed by atoms with van der Waals surface area (Å²) in [7, 11) is 0. The predicted molar refractivity (Wildman–Crippen MR) is 119 cm³/mol. The fraction of sp³-hybridized carbons (Fsp3) is 0.308. The molecule has 0 radical (unpaired) electrons. The van der Waals surface area contributed by atoms with Crippen LogP contribution in [0.5, 0.6) is 0 Å². The Bertz CT molecular complexity index is 842. The van der Waals surface area contributed by atoms with E-state index >= 15 is 0 Å². The normalized spacial score (nSPS) is 12.2. The molecule has 0 aliphatic heterocycles. The molecule has 1 nitrogen and oxygen atoms in total. The first-order chi connectivity index (χ1) is 13.0. The van der Waals surface area contributed by atoms with Gasteiger partial charge in [-0.2, -0.15) is 0 Å². The van der Waals surface area contributed by atoms with E-state index in [2.05, 4.69) is 112 Å². The van der Waals surface area contributed by atoms with Gasteiger partial charge >= 0.3 is 0 Å². The van der Waals surface area contributed by atoms with E-state index in [1.807, 2.05) is 0 Å². The highest BCUT2D eigenvalue weighted by atomic mass is 15.1. The van der Waals surface area contributed by atoms with Gasteiger partial charge in [0.05, 0.1) is 0 Å². The molecular formula is C26H31N. The molecule has 0 aromatic heterocycles. The summed E-state index contributed by atoms with van der Waals surface area (Å²) in [6.45, 7) is 11.1. The van der Waals surface area contributed by atoms with E-state index in [0.29, 0.717) is 11.8 Å². The number of nitrogens with zero attached hydrogens (tertiary/aromatic N) is 1. The average Bonchev–Trinajstić information content (AvgIpc) is 2.70. The molecule has 1 atom stereocenters. The van der Waals surface area contributed by atoms with Crippen LogP contribution in [0.4, 0.5) is 17.1 Å². The predicted octanol–water partition coefficient (Wildman–Crippen LogP) is 8.10. The van der Waals surface area contributed by atoms with E-state index in [9.17, 15) is 0 Å². The lowest BCUT2D eigenvalue weighted by Gasteiger charge is -2.26. The molecule has 1 heteroatoms. The van der Waals surface area contributed by atoms with E-state index in [-0.39, 0.29) is 0 Å². The molecule has 3 aromatic rings. The molecule has 0 N–H and O–H groups in total. The molecule has 0 saturated carbocycles. The minimum Gasteiger partial charge on any atom is -0.311 e. The van der Waals surface area contributed by atoms with Gasteiger partial charge < -0.3 is 4.90 Å². The second-order valence-electron chi connectivity index (χ2n) is 7.82. The Morgan fingerprint density at radius 2 is 1.04 bits per heavy atom. The van der Waals surface area contributed by atoms with Crippen LogP contribution in [-0.2, 0) is 0 Å². The maximum absolute atomic E-state index is 2.34. The lowest BCUT2D eigenvalue weighted by atomic mass is 9.98. The molecule has 0 heterocycles. The van der Waals surface area contributed by atoms with Crippen molar-refractivity contribution in [2.24, 2.45) is 0 Å². The molecular weight excluding hydrogens is 326 g/mol. The van der Waals surface area contributed by atoms with Gasteiger partial charge in [0.15, 0.2) is 0 Å². The van der Waals surface area contributed by atoms with Crippen LogP contribution in [0.15, 0.2) is 72.8 Å².